The summed E-state index contributed by atoms with van der Waals surface area (Å²) in [5, 5.41) is 2.93. The molecule has 5 heteroatoms. The minimum Gasteiger partial charge on any atom is -0.469 e. The summed E-state index contributed by atoms with van der Waals surface area (Å²) in [6.45, 7) is 0.460. The maximum atomic E-state index is 13.5. The van der Waals surface area contributed by atoms with Gasteiger partial charge < -0.3 is 9.73 Å². The molecular weight excluding hydrogens is 269 g/mol. The molecule has 1 aromatic carbocycles. The second kappa shape index (κ2) is 6.38. The summed E-state index contributed by atoms with van der Waals surface area (Å²) >= 11 is 5.62. The van der Waals surface area contributed by atoms with Crippen molar-refractivity contribution in [3.63, 3.8) is 0 Å². The lowest BCUT2D eigenvalue weighted by Gasteiger charge is -2.05. The van der Waals surface area contributed by atoms with E-state index in [1.165, 1.54) is 12.1 Å². The van der Waals surface area contributed by atoms with Gasteiger partial charge in [-0.25, -0.2) is 4.39 Å². The van der Waals surface area contributed by atoms with Crippen molar-refractivity contribution in [2.24, 2.45) is 0 Å². The van der Waals surface area contributed by atoms with Gasteiger partial charge in [-0.1, -0.05) is 11.6 Å². The first kappa shape index (κ1) is 13.6. The zero-order chi connectivity index (χ0) is 13.7. The molecule has 0 saturated heterocycles. The quantitative estimate of drug-likeness (QED) is 0.853. The van der Waals surface area contributed by atoms with Crippen LogP contribution in [0.3, 0.4) is 0 Å². The second-order valence-corrected chi connectivity index (χ2v) is 4.50. The topological polar surface area (TPSA) is 42.2 Å². The van der Waals surface area contributed by atoms with E-state index in [0.717, 1.165) is 24.7 Å². The van der Waals surface area contributed by atoms with Crippen LogP contribution in [0.1, 0.15) is 22.5 Å². The summed E-state index contributed by atoms with van der Waals surface area (Å²) in [6.07, 6.45) is 3.07. The van der Waals surface area contributed by atoms with Gasteiger partial charge in [0.1, 0.15) is 11.6 Å². The monoisotopic (exact) mass is 281 g/mol. The number of aryl methyl sites for hydroxylation is 1. The Bertz CT molecular complexity index is 555. The smallest absolute Gasteiger partial charge is 0.254 e. The lowest BCUT2D eigenvalue weighted by Crippen LogP contribution is -2.25. The number of hydrogen-bond acceptors (Lipinski definition) is 2. The van der Waals surface area contributed by atoms with Gasteiger partial charge in [0.25, 0.3) is 5.91 Å². The molecule has 0 radical (unpaired) electrons. The van der Waals surface area contributed by atoms with Gasteiger partial charge in [0, 0.05) is 18.0 Å². The van der Waals surface area contributed by atoms with Crippen molar-refractivity contribution in [2.45, 2.75) is 12.8 Å². The molecule has 0 spiro atoms. The molecule has 100 valence electrons. The first-order valence-corrected chi connectivity index (χ1v) is 6.30. The largest absolute Gasteiger partial charge is 0.469 e. The minimum atomic E-state index is -0.615. The molecule has 2 aromatic rings. The van der Waals surface area contributed by atoms with Crippen LogP contribution in [0.4, 0.5) is 4.39 Å². The molecule has 1 heterocycles. The highest BCUT2D eigenvalue weighted by atomic mass is 35.5. The summed E-state index contributed by atoms with van der Waals surface area (Å²) in [5.41, 5.74) is 0.00222. The summed E-state index contributed by atoms with van der Waals surface area (Å²) < 4.78 is 18.6. The van der Waals surface area contributed by atoms with Gasteiger partial charge in [-0.15, -0.1) is 0 Å². The molecule has 0 aliphatic rings. The molecule has 0 saturated carbocycles. The molecule has 2 rings (SSSR count). The Morgan fingerprint density at radius 2 is 2.21 bits per heavy atom. The molecule has 19 heavy (non-hydrogen) atoms. The van der Waals surface area contributed by atoms with Crippen LogP contribution in [0.25, 0.3) is 0 Å². The van der Waals surface area contributed by atoms with Crippen molar-refractivity contribution in [1.82, 2.24) is 5.32 Å². The minimum absolute atomic E-state index is 0.00222. The number of carbonyl (C=O) groups excluding carboxylic acids is 1. The number of nitrogens with one attached hydrogen (secondary N) is 1. The number of halogens is 2. The molecule has 1 aromatic heterocycles. The van der Waals surface area contributed by atoms with Crippen LogP contribution in [-0.4, -0.2) is 12.5 Å². The van der Waals surface area contributed by atoms with Gasteiger partial charge in [-0.3, -0.25) is 4.79 Å². The molecule has 0 bridgehead atoms. The molecule has 1 amide bonds. The second-order valence-electron chi connectivity index (χ2n) is 4.06. The van der Waals surface area contributed by atoms with Crippen LogP contribution in [0.2, 0.25) is 5.02 Å². The predicted molar refractivity (Wildman–Crippen MR) is 70.8 cm³/mol. The highest BCUT2D eigenvalue weighted by molar-refractivity contribution is 6.30. The summed E-state index contributed by atoms with van der Waals surface area (Å²) in [6, 6.07) is 7.68. The number of carbonyl (C=O) groups is 1. The number of rotatable bonds is 5. The van der Waals surface area contributed by atoms with Crippen molar-refractivity contribution < 1.29 is 13.6 Å². The molecule has 0 aliphatic heterocycles. The molecule has 1 N–H and O–H groups in total. The molecule has 0 unspecified atom stereocenters. The SMILES string of the molecule is O=C(NCCCc1ccco1)c1ccc(Cl)cc1F. The Kier molecular flexibility index (Phi) is 4.58. The van der Waals surface area contributed by atoms with Crippen LogP contribution in [0.15, 0.2) is 41.0 Å². The Labute approximate surface area is 115 Å². The van der Waals surface area contributed by atoms with E-state index in [4.69, 9.17) is 16.0 Å². The van der Waals surface area contributed by atoms with Crippen LogP contribution >= 0.6 is 11.6 Å². The average Bonchev–Trinajstić information content (AvgIpc) is 2.87. The zero-order valence-corrected chi connectivity index (χ0v) is 10.9. The highest BCUT2D eigenvalue weighted by Crippen LogP contribution is 2.14. The van der Waals surface area contributed by atoms with Gasteiger partial charge in [-0.2, -0.15) is 0 Å². The van der Waals surface area contributed by atoms with E-state index in [1.54, 1.807) is 6.26 Å². The van der Waals surface area contributed by atoms with Crippen molar-refractivity contribution in [1.29, 1.82) is 0 Å². The lowest BCUT2D eigenvalue weighted by molar-refractivity contribution is 0.0949. The van der Waals surface area contributed by atoms with Crippen molar-refractivity contribution in [2.75, 3.05) is 6.54 Å². The van der Waals surface area contributed by atoms with Crippen LogP contribution in [-0.2, 0) is 6.42 Å². The molecular formula is C14H13ClFNO2. The molecule has 0 fully saturated rings. The van der Waals surface area contributed by atoms with Gasteiger partial charge in [0.15, 0.2) is 0 Å². The van der Waals surface area contributed by atoms with E-state index in [-0.39, 0.29) is 10.6 Å². The fourth-order valence-electron chi connectivity index (χ4n) is 1.69. The lowest BCUT2D eigenvalue weighted by atomic mass is 10.2. The maximum absolute atomic E-state index is 13.5. The Balaban J connectivity index is 1.81. The maximum Gasteiger partial charge on any atom is 0.254 e. The standard InChI is InChI=1S/C14H13ClFNO2/c15-10-5-6-12(13(16)9-10)14(18)17-7-1-3-11-4-2-8-19-11/h2,4-6,8-9H,1,3,7H2,(H,17,18). The van der Waals surface area contributed by atoms with Crippen LogP contribution in [0, 0.1) is 5.82 Å². The van der Waals surface area contributed by atoms with E-state index >= 15 is 0 Å². The number of furan rings is 1. The van der Waals surface area contributed by atoms with Crippen molar-refractivity contribution >= 4 is 17.5 Å². The zero-order valence-electron chi connectivity index (χ0n) is 10.2. The van der Waals surface area contributed by atoms with Gasteiger partial charge in [0.05, 0.1) is 11.8 Å². The summed E-state index contributed by atoms with van der Waals surface area (Å²) in [4.78, 5) is 11.7. The summed E-state index contributed by atoms with van der Waals surface area (Å²) in [5.74, 6) is -0.184. The Morgan fingerprint density at radius 1 is 1.37 bits per heavy atom. The molecule has 0 aliphatic carbocycles. The molecule has 3 nitrogen and oxygen atoms in total. The van der Waals surface area contributed by atoms with E-state index in [2.05, 4.69) is 5.32 Å². The van der Waals surface area contributed by atoms with Gasteiger partial charge >= 0.3 is 0 Å². The van der Waals surface area contributed by atoms with E-state index in [9.17, 15) is 9.18 Å². The predicted octanol–water partition coefficient (Wildman–Crippen LogP) is 3.43. The van der Waals surface area contributed by atoms with Crippen LogP contribution < -0.4 is 5.32 Å². The van der Waals surface area contributed by atoms with E-state index < -0.39 is 11.7 Å². The normalized spacial score (nSPS) is 10.4. The van der Waals surface area contributed by atoms with Crippen molar-refractivity contribution in [3.05, 3.63) is 58.8 Å². The first-order valence-electron chi connectivity index (χ1n) is 5.92. The fourth-order valence-corrected chi connectivity index (χ4v) is 1.85. The van der Waals surface area contributed by atoms with E-state index in [1.807, 2.05) is 12.1 Å². The Morgan fingerprint density at radius 3 is 2.89 bits per heavy atom. The number of benzene rings is 1. The van der Waals surface area contributed by atoms with Gasteiger partial charge in [-0.05, 0) is 36.8 Å². The third-order valence-electron chi connectivity index (χ3n) is 2.64. The van der Waals surface area contributed by atoms with Crippen LogP contribution in [0.5, 0.6) is 0 Å². The highest BCUT2D eigenvalue weighted by Gasteiger charge is 2.11. The number of hydrogen-bond donors (Lipinski definition) is 1. The number of amides is 1. The fraction of sp³-hybridized carbons (Fsp3) is 0.214. The van der Waals surface area contributed by atoms with Gasteiger partial charge in [0.2, 0.25) is 0 Å². The summed E-state index contributed by atoms with van der Waals surface area (Å²) in [7, 11) is 0. The van der Waals surface area contributed by atoms with Crippen molar-refractivity contribution in [3.8, 4) is 0 Å². The first-order chi connectivity index (χ1) is 9.16. The average molecular weight is 282 g/mol. The third-order valence-corrected chi connectivity index (χ3v) is 2.88. The molecule has 0 atom stereocenters. The van der Waals surface area contributed by atoms with E-state index in [0.29, 0.717) is 6.54 Å². The third kappa shape index (κ3) is 3.83. The Hall–Kier alpha value is -1.81.